The van der Waals surface area contributed by atoms with Crippen LogP contribution < -0.4 is 11.5 Å². The molecule has 4 nitrogen and oxygen atoms in total. The summed E-state index contributed by atoms with van der Waals surface area (Å²) in [4.78, 5) is 6.26. The molecule has 0 saturated heterocycles. The van der Waals surface area contributed by atoms with Gasteiger partial charge in [-0.1, -0.05) is 60.7 Å². The molecule has 1 heterocycles. The fraction of sp³-hybridized carbons (Fsp3) is 0.0952. The molecular weight excluding hydrogens is 308 g/mol. The highest BCUT2D eigenvalue weighted by atomic mass is 15.3. The highest BCUT2D eigenvalue weighted by Crippen LogP contribution is 2.35. The van der Waals surface area contributed by atoms with E-state index in [-0.39, 0.29) is 6.17 Å². The maximum atomic E-state index is 6.23. The van der Waals surface area contributed by atoms with Crippen LogP contribution in [0, 0.1) is 0 Å². The molecule has 4 N–H and O–H groups in total. The summed E-state index contributed by atoms with van der Waals surface area (Å²) in [5.74, 6) is 0.440. The van der Waals surface area contributed by atoms with E-state index in [1.54, 1.807) is 4.90 Å². The van der Waals surface area contributed by atoms with Crippen LogP contribution in [-0.4, -0.2) is 17.9 Å². The van der Waals surface area contributed by atoms with E-state index in [1.807, 2.05) is 19.2 Å². The molecule has 1 aliphatic heterocycles. The van der Waals surface area contributed by atoms with E-state index in [0.29, 0.717) is 5.96 Å². The second-order valence-electron chi connectivity index (χ2n) is 6.25. The van der Waals surface area contributed by atoms with Crippen molar-refractivity contribution in [3.05, 3.63) is 78.4 Å². The molecule has 0 radical (unpaired) electrons. The predicted molar refractivity (Wildman–Crippen MR) is 103 cm³/mol. The van der Waals surface area contributed by atoms with Gasteiger partial charge in [-0.3, -0.25) is 0 Å². The van der Waals surface area contributed by atoms with E-state index in [0.717, 1.165) is 22.4 Å². The van der Waals surface area contributed by atoms with Gasteiger partial charge in [-0.05, 0) is 34.4 Å². The largest absolute Gasteiger partial charge is 0.369 e. The molecule has 0 amide bonds. The molecule has 3 aromatic carbocycles. The highest BCUT2D eigenvalue weighted by molar-refractivity contribution is 5.85. The Bertz CT molecular complexity index is 947. The molecule has 4 rings (SSSR count). The van der Waals surface area contributed by atoms with Gasteiger partial charge in [0.2, 0.25) is 0 Å². The predicted octanol–water partition coefficient (Wildman–Crippen LogP) is 3.87. The Labute approximate surface area is 147 Å². The Morgan fingerprint density at radius 2 is 1.44 bits per heavy atom. The van der Waals surface area contributed by atoms with Crippen molar-refractivity contribution in [3.8, 4) is 22.3 Å². The monoisotopic (exact) mass is 328 g/mol. The van der Waals surface area contributed by atoms with Gasteiger partial charge < -0.3 is 16.4 Å². The lowest BCUT2D eigenvalue weighted by atomic mass is 9.97. The molecule has 0 aromatic heterocycles. The van der Waals surface area contributed by atoms with Gasteiger partial charge in [0, 0.05) is 12.6 Å². The molecule has 4 heteroatoms. The van der Waals surface area contributed by atoms with E-state index in [1.165, 1.54) is 11.1 Å². The van der Waals surface area contributed by atoms with Crippen LogP contribution in [0.5, 0.6) is 0 Å². The highest BCUT2D eigenvalue weighted by Gasteiger charge is 2.22. The molecule has 3 aromatic rings. The van der Waals surface area contributed by atoms with Gasteiger partial charge in [-0.15, -0.1) is 0 Å². The van der Waals surface area contributed by atoms with Gasteiger partial charge in [-0.2, -0.15) is 0 Å². The second-order valence-corrected chi connectivity index (χ2v) is 6.25. The summed E-state index contributed by atoms with van der Waals surface area (Å²) in [7, 11) is 1.85. The van der Waals surface area contributed by atoms with Crippen LogP contribution in [0.2, 0.25) is 0 Å². The third kappa shape index (κ3) is 2.77. The number of aliphatic imine (C=N–C) groups is 1. The summed E-state index contributed by atoms with van der Waals surface area (Å²) < 4.78 is 0. The van der Waals surface area contributed by atoms with E-state index >= 15 is 0 Å². The SMILES string of the molecule is CN1C(N)=Nc2cc(-c3cccc(-c4ccccc4)c3)ccc2C1N. The number of benzene rings is 3. The van der Waals surface area contributed by atoms with Crippen molar-refractivity contribution >= 4 is 11.6 Å². The number of nitrogens with two attached hydrogens (primary N) is 2. The zero-order valence-electron chi connectivity index (χ0n) is 14.1. The zero-order chi connectivity index (χ0) is 17.4. The third-order valence-corrected chi connectivity index (χ3v) is 4.67. The van der Waals surface area contributed by atoms with Crippen molar-refractivity contribution in [2.75, 3.05) is 7.05 Å². The Kier molecular flexibility index (Phi) is 3.75. The Morgan fingerprint density at radius 3 is 2.20 bits per heavy atom. The average Bonchev–Trinajstić information content (AvgIpc) is 2.66. The molecule has 0 aliphatic carbocycles. The summed E-state index contributed by atoms with van der Waals surface area (Å²) >= 11 is 0. The summed E-state index contributed by atoms with van der Waals surface area (Å²) in [5, 5.41) is 0. The Hall–Kier alpha value is -3.11. The van der Waals surface area contributed by atoms with Crippen molar-refractivity contribution in [3.63, 3.8) is 0 Å². The van der Waals surface area contributed by atoms with Crippen LogP contribution in [-0.2, 0) is 0 Å². The zero-order valence-corrected chi connectivity index (χ0v) is 14.1. The molecule has 0 fully saturated rings. The van der Waals surface area contributed by atoms with Crippen LogP contribution in [0.1, 0.15) is 11.7 Å². The number of rotatable bonds is 2. The van der Waals surface area contributed by atoms with E-state index in [9.17, 15) is 0 Å². The number of fused-ring (bicyclic) bond motifs is 1. The first-order valence-corrected chi connectivity index (χ1v) is 8.26. The van der Waals surface area contributed by atoms with Gasteiger partial charge in [0.1, 0.15) is 6.17 Å². The lowest BCUT2D eigenvalue weighted by molar-refractivity contribution is 0.375. The number of nitrogens with zero attached hydrogens (tertiary/aromatic N) is 2. The van der Waals surface area contributed by atoms with Gasteiger partial charge in [0.05, 0.1) is 5.69 Å². The fourth-order valence-corrected chi connectivity index (χ4v) is 3.13. The summed E-state index contributed by atoms with van der Waals surface area (Å²) in [6, 6.07) is 25.1. The smallest absolute Gasteiger partial charge is 0.197 e. The van der Waals surface area contributed by atoms with Gasteiger partial charge in [-0.25, -0.2) is 4.99 Å². The number of hydrogen-bond donors (Lipinski definition) is 2. The first kappa shape index (κ1) is 15.4. The standard InChI is InChI=1S/C21H20N4/c1-25-20(22)18-11-10-17(13-19(18)24-21(25)23)16-9-5-8-15(12-16)14-6-3-2-4-7-14/h2-13,20H,22H2,1H3,(H2,23,24). The Morgan fingerprint density at radius 1 is 0.800 bits per heavy atom. The van der Waals surface area contributed by atoms with Gasteiger partial charge >= 0.3 is 0 Å². The minimum Gasteiger partial charge on any atom is -0.369 e. The summed E-state index contributed by atoms with van der Waals surface area (Å²) in [6.45, 7) is 0. The fourth-order valence-electron chi connectivity index (χ4n) is 3.13. The van der Waals surface area contributed by atoms with E-state index in [4.69, 9.17) is 11.5 Å². The minimum atomic E-state index is -0.266. The van der Waals surface area contributed by atoms with Crippen LogP contribution >= 0.6 is 0 Å². The number of hydrogen-bond acceptors (Lipinski definition) is 4. The Balaban J connectivity index is 1.77. The first-order chi connectivity index (χ1) is 12.1. The van der Waals surface area contributed by atoms with E-state index < -0.39 is 0 Å². The summed E-state index contributed by atoms with van der Waals surface area (Å²) in [6.07, 6.45) is -0.266. The molecule has 25 heavy (non-hydrogen) atoms. The normalized spacial score (nSPS) is 16.3. The van der Waals surface area contributed by atoms with Crippen molar-refractivity contribution in [1.29, 1.82) is 0 Å². The van der Waals surface area contributed by atoms with Crippen molar-refractivity contribution in [2.45, 2.75) is 6.17 Å². The quantitative estimate of drug-likeness (QED) is 0.750. The maximum Gasteiger partial charge on any atom is 0.197 e. The molecule has 1 aliphatic rings. The molecule has 0 saturated carbocycles. The average molecular weight is 328 g/mol. The van der Waals surface area contributed by atoms with Crippen molar-refractivity contribution in [1.82, 2.24) is 4.90 Å². The van der Waals surface area contributed by atoms with Crippen LogP contribution in [0.4, 0.5) is 5.69 Å². The molecule has 1 atom stereocenters. The molecule has 124 valence electrons. The van der Waals surface area contributed by atoms with Gasteiger partial charge in [0.15, 0.2) is 5.96 Å². The van der Waals surface area contributed by atoms with Crippen LogP contribution in [0.3, 0.4) is 0 Å². The minimum absolute atomic E-state index is 0.266. The molecule has 0 spiro atoms. The maximum absolute atomic E-state index is 6.23. The molecule has 1 unspecified atom stereocenters. The van der Waals surface area contributed by atoms with Crippen molar-refractivity contribution in [2.24, 2.45) is 16.5 Å². The topological polar surface area (TPSA) is 67.6 Å². The molecular formula is C21H20N4. The van der Waals surface area contributed by atoms with E-state index in [2.05, 4.69) is 65.7 Å². The van der Waals surface area contributed by atoms with Crippen molar-refractivity contribution < 1.29 is 0 Å². The van der Waals surface area contributed by atoms with Crippen LogP contribution in [0.25, 0.3) is 22.3 Å². The van der Waals surface area contributed by atoms with Gasteiger partial charge in [0.25, 0.3) is 0 Å². The summed E-state index contributed by atoms with van der Waals surface area (Å²) in [5.41, 5.74) is 18.7. The molecule has 0 bridgehead atoms. The lowest BCUT2D eigenvalue weighted by Crippen LogP contribution is -2.42. The first-order valence-electron chi connectivity index (χ1n) is 8.26. The number of guanidine groups is 1. The lowest BCUT2D eigenvalue weighted by Gasteiger charge is -2.30. The third-order valence-electron chi connectivity index (χ3n) is 4.67. The van der Waals surface area contributed by atoms with Crippen LogP contribution in [0.15, 0.2) is 77.8 Å². The second kappa shape index (κ2) is 6.07.